The molecule has 0 fully saturated rings. The summed E-state index contributed by atoms with van der Waals surface area (Å²) >= 11 is 1.16. The maximum absolute atomic E-state index is 11.0. The van der Waals surface area contributed by atoms with Gasteiger partial charge < -0.3 is 20.9 Å². The number of anilines is 1. The summed E-state index contributed by atoms with van der Waals surface area (Å²) in [6.45, 7) is 5.78. The number of nitrogen functional groups attached to an aromatic ring is 1. The van der Waals surface area contributed by atoms with E-state index in [0.29, 0.717) is 27.4 Å². The Hall–Kier alpha value is -2.87. The fraction of sp³-hybridized carbons (Fsp3) is 0.235. The van der Waals surface area contributed by atoms with Gasteiger partial charge in [0.15, 0.2) is 5.82 Å². The van der Waals surface area contributed by atoms with Gasteiger partial charge in [-0.15, -0.1) is 0 Å². The molecule has 3 aromatic rings. The molecule has 0 aliphatic carbocycles. The minimum atomic E-state index is -0.912. The largest absolute Gasteiger partial charge is 0.491 e. The first kappa shape index (κ1) is 17.0. The number of aromatic nitrogens is 2. The average Bonchev–Trinajstić information content (AvgIpc) is 2.83. The topological polar surface area (TPSA) is 113 Å². The molecule has 2 aromatic heterocycles. The third-order valence-corrected chi connectivity index (χ3v) is 4.39. The number of hydrogen-bond acceptors (Lipinski definition) is 7. The van der Waals surface area contributed by atoms with Crippen molar-refractivity contribution in [1.82, 2.24) is 9.97 Å². The van der Waals surface area contributed by atoms with Crippen LogP contribution in [0.15, 0.2) is 24.3 Å². The Morgan fingerprint density at radius 2 is 1.88 bits per heavy atom. The van der Waals surface area contributed by atoms with E-state index in [2.05, 4.69) is 9.97 Å². The summed E-state index contributed by atoms with van der Waals surface area (Å²) in [4.78, 5) is 20.7. The van der Waals surface area contributed by atoms with Gasteiger partial charge in [0.1, 0.15) is 10.6 Å². The highest BCUT2D eigenvalue weighted by atomic mass is 32.1. The predicted molar refractivity (Wildman–Crippen MR) is 98.0 cm³/mol. The second-order valence-electron chi connectivity index (χ2n) is 5.73. The van der Waals surface area contributed by atoms with Crippen LogP contribution in [0.25, 0.3) is 21.6 Å². The molecule has 25 heavy (non-hydrogen) atoms. The van der Waals surface area contributed by atoms with Crippen molar-refractivity contribution in [2.45, 2.75) is 26.9 Å². The number of primary amides is 1. The van der Waals surface area contributed by atoms with Crippen LogP contribution < -0.4 is 20.9 Å². The molecule has 0 atom stereocenters. The van der Waals surface area contributed by atoms with Gasteiger partial charge in [0, 0.05) is 5.56 Å². The van der Waals surface area contributed by atoms with Crippen molar-refractivity contribution >= 4 is 33.3 Å². The number of fused-ring (bicyclic) bond motifs is 1. The number of nitrogens with zero attached hydrogens (tertiary/aromatic N) is 2. The van der Waals surface area contributed by atoms with Crippen molar-refractivity contribution in [2.24, 2.45) is 5.73 Å². The summed E-state index contributed by atoms with van der Waals surface area (Å²) in [5, 5.41) is 0.905. The fourth-order valence-corrected chi connectivity index (χ4v) is 3.43. The van der Waals surface area contributed by atoms with Crippen LogP contribution in [0, 0.1) is 6.92 Å². The quantitative estimate of drug-likeness (QED) is 0.738. The molecule has 0 aliphatic heterocycles. The van der Waals surface area contributed by atoms with Gasteiger partial charge in [0.05, 0.1) is 22.9 Å². The van der Waals surface area contributed by atoms with Crippen molar-refractivity contribution < 1.29 is 14.3 Å². The normalized spacial score (nSPS) is 11.0. The Bertz CT molecular complexity index is 935. The van der Waals surface area contributed by atoms with Crippen molar-refractivity contribution in [3.63, 3.8) is 0 Å². The van der Waals surface area contributed by atoms with Crippen LogP contribution >= 0.6 is 11.3 Å². The maximum Gasteiger partial charge on any atom is 0.410 e. The van der Waals surface area contributed by atoms with Crippen LogP contribution in [0.2, 0.25) is 0 Å². The van der Waals surface area contributed by atoms with E-state index in [1.54, 1.807) is 0 Å². The molecule has 0 saturated heterocycles. The summed E-state index contributed by atoms with van der Waals surface area (Å²) in [5.74, 6) is 1.35. The van der Waals surface area contributed by atoms with Gasteiger partial charge in [-0.1, -0.05) is 11.3 Å². The highest BCUT2D eigenvalue weighted by Gasteiger charge is 2.18. The van der Waals surface area contributed by atoms with Gasteiger partial charge >= 0.3 is 6.09 Å². The molecule has 0 spiro atoms. The highest BCUT2D eigenvalue weighted by Crippen LogP contribution is 2.41. The van der Waals surface area contributed by atoms with Gasteiger partial charge in [-0.3, -0.25) is 0 Å². The summed E-state index contributed by atoms with van der Waals surface area (Å²) in [6, 6.07) is 7.55. The Morgan fingerprint density at radius 1 is 1.20 bits per heavy atom. The Labute approximate surface area is 148 Å². The van der Waals surface area contributed by atoms with Crippen molar-refractivity contribution in [1.29, 1.82) is 0 Å². The molecule has 7 nitrogen and oxygen atoms in total. The van der Waals surface area contributed by atoms with E-state index in [-0.39, 0.29) is 11.2 Å². The smallest absolute Gasteiger partial charge is 0.410 e. The number of rotatable bonds is 4. The van der Waals surface area contributed by atoms with Crippen molar-refractivity contribution in [3.05, 3.63) is 30.0 Å². The van der Waals surface area contributed by atoms with E-state index in [0.717, 1.165) is 22.6 Å². The lowest BCUT2D eigenvalue weighted by Gasteiger charge is -2.10. The first-order valence-corrected chi connectivity index (χ1v) is 8.47. The number of benzene rings is 1. The zero-order valence-corrected chi connectivity index (χ0v) is 14.9. The van der Waals surface area contributed by atoms with Crippen LogP contribution in [0.4, 0.5) is 10.5 Å². The predicted octanol–water partition coefficient (Wildman–Crippen LogP) is 3.49. The molecule has 0 bridgehead atoms. The second-order valence-corrected chi connectivity index (χ2v) is 6.69. The molecule has 0 aliphatic rings. The Balaban J connectivity index is 2.01. The number of ether oxygens (including phenoxy) is 2. The number of amides is 1. The van der Waals surface area contributed by atoms with E-state index in [1.807, 2.05) is 45.0 Å². The van der Waals surface area contributed by atoms with E-state index in [4.69, 9.17) is 20.9 Å². The Kier molecular flexibility index (Phi) is 4.45. The fourth-order valence-electron chi connectivity index (χ4n) is 2.43. The molecule has 4 N–H and O–H groups in total. The van der Waals surface area contributed by atoms with Gasteiger partial charge in [-0.25, -0.2) is 14.8 Å². The number of hydrogen-bond donors (Lipinski definition) is 2. The standard InChI is InChI=1S/C17H18N4O3S/c1-8(2)23-11-6-4-10(5-7-11)14-20-9(3)12-13(18)16(24-17(19)22)25-15(12)21-14/h4-8H,18H2,1-3H3,(H2,19,22). The summed E-state index contributed by atoms with van der Waals surface area (Å²) < 4.78 is 10.6. The second kappa shape index (κ2) is 6.56. The lowest BCUT2D eigenvalue weighted by molar-refractivity contribution is 0.212. The molecule has 1 aromatic carbocycles. The van der Waals surface area contributed by atoms with E-state index in [9.17, 15) is 4.79 Å². The Morgan fingerprint density at radius 3 is 2.48 bits per heavy atom. The summed E-state index contributed by atoms with van der Waals surface area (Å²) in [5.41, 5.74) is 13.0. The number of carbonyl (C=O) groups is 1. The van der Waals surface area contributed by atoms with E-state index < -0.39 is 6.09 Å². The third-order valence-electron chi connectivity index (χ3n) is 3.41. The SMILES string of the molecule is Cc1nc(-c2ccc(OC(C)C)cc2)nc2sc(OC(N)=O)c(N)c12. The molecule has 2 heterocycles. The molecule has 130 valence electrons. The number of carbonyl (C=O) groups excluding carboxylic acids is 1. The number of nitrogens with two attached hydrogens (primary N) is 2. The number of aryl methyl sites for hydroxylation is 1. The molecule has 0 saturated carbocycles. The molecular weight excluding hydrogens is 340 g/mol. The van der Waals surface area contributed by atoms with Gasteiger partial charge in [0.25, 0.3) is 0 Å². The third kappa shape index (κ3) is 3.48. The van der Waals surface area contributed by atoms with Gasteiger partial charge in [-0.2, -0.15) is 0 Å². The average molecular weight is 358 g/mol. The lowest BCUT2D eigenvalue weighted by atomic mass is 10.2. The van der Waals surface area contributed by atoms with Crippen LogP contribution in [-0.2, 0) is 0 Å². The van der Waals surface area contributed by atoms with Crippen molar-refractivity contribution in [2.75, 3.05) is 5.73 Å². The molecule has 3 rings (SSSR count). The van der Waals surface area contributed by atoms with E-state index in [1.165, 1.54) is 0 Å². The first-order valence-electron chi connectivity index (χ1n) is 7.66. The van der Waals surface area contributed by atoms with E-state index >= 15 is 0 Å². The maximum atomic E-state index is 11.0. The van der Waals surface area contributed by atoms with Crippen LogP contribution in [0.5, 0.6) is 10.8 Å². The number of thiophene rings is 1. The molecule has 0 radical (unpaired) electrons. The molecular formula is C17H18N4O3S. The molecule has 1 amide bonds. The first-order chi connectivity index (χ1) is 11.8. The summed E-state index contributed by atoms with van der Waals surface area (Å²) in [7, 11) is 0. The van der Waals surface area contributed by atoms with Crippen molar-refractivity contribution in [3.8, 4) is 22.2 Å². The molecule has 8 heteroatoms. The minimum absolute atomic E-state index is 0.110. The van der Waals surface area contributed by atoms with Crippen LogP contribution in [-0.4, -0.2) is 22.2 Å². The van der Waals surface area contributed by atoms with Crippen LogP contribution in [0.3, 0.4) is 0 Å². The highest BCUT2D eigenvalue weighted by molar-refractivity contribution is 7.21. The zero-order valence-electron chi connectivity index (χ0n) is 14.1. The van der Waals surface area contributed by atoms with Gasteiger partial charge in [0.2, 0.25) is 5.06 Å². The lowest BCUT2D eigenvalue weighted by Crippen LogP contribution is -2.16. The zero-order chi connectivity index (χ0) is 18.1. The van der Waals surface area contributed by atoms with Crippen LogP contribution in [0.1, 0.15) is 19.5 Å². The summed E-state index contributed by atoms with van der Waals surface area (Å²) in [6.07, 6.45) is -0.803. The molecule has 0 unspecified atom stereocenters. The monoisotopic (exact) mass is 358 g/mol. The minimum Gasteiger partial charge on any atom is -0.491 e. The van der Waals surface area contributed by atoms with Gasteiger partial charge in [-0.05, 0) is 45.0 Å².